The second kappa shape index (κ2) is 10.9. The fourth-order valence-electron chi connectivity index (χ4n) is 8.83. The molecule has 198 valence electrons. The van der Waals surface area contributed by atoms with Crippen LogP contribution in [0.2, 0.25) is 0 Å². The first-order valence-corrected chi connectivity index (χ1v) is 13.5. The molecule has 6 nitrogen and oxygen atoms in total. The predicted molar refractivity (Wildman–Crippen MR) is 133 cm³/mol. The van der Waals surface area contributed by atoms with E-state index in [0.29, 0.717) is 24.7 Å². The summed E-state index contributed by atoms with van der Waals surface area (Å²) in [5, 5.41) is 60.3. The van der Waals surface area contributed by atoms with Crippen LogP contribution in [-0.2, 0) is 0 Å². The van der Waals surface area contributed by atoms with Crippen LogP contribution < -0.4 is 0 Å². The molecule has 0 aliphatic heterocycles. The van der Waals surface area contributed by atoms with Crippen LogP contribution in [0.25, 0.3) is 0 Å². The van der Waals surface area contributed by atoms with Crippen molar-refractivity contribution < 1.29 is 30.6 Å². The number of allylic oxidation sites excluding steroid dienone is 1. The van der Waals surface area contributed by atoms with Crippen LogP contribution in [0.1, 0.15) is 79.1 Å². The zero-order valence-corrected chi connectivity index (χ0v) is 21.9. The van der Waals surface area contributed by atoms with Gasteiger partial charge in [-0.05, 0) is 97.7 Å². The first kappa shape index (κ1) is 28.1. The molecule has 6 heteroatoms. The van der Waals surface area contributed by atoms with E-state index in [-0.39, 0.29) is 47.2 Å². The fourth-order valence-corrected chi connectivity index (χ4v) is 8.83. The molecular weight excluding hydrogens is 432 g/mol. The molecule has 0 aromatic heterocycles. The summed E-state index contributed by atoms with van der Waals surface area (Å²) in [6, 6.07) is 0. The van der Waals surface area contributed by atoms with Crippen LogP contribution in [0.3, 0.4) is 0 Å². The van der Waals surface area contributed by atoms with Gasteiger partial charge < -0.3 is 30.6 Å². The fraction of sp³-hybridized carbons (Fsp3) is 0.929. The van der Waals surface area contributed by atoms with Crippen LogP contribution in [0.5, 0.6) is 0 Å². The lowest BCUT2D eigenvalue weighted by atomic mass is 9.46. The quantitative estimate of drug-likeness (QED) is 0.324. The third kappa shape index (κ3) is 4.76. The highest BCUT2D eigenvalue weighted by Gasteiger charge is 2.64. The Bertz CT molecular complexity index is 711. The smallest absolute Gasteiger partial charge is 0.0585 e. The van der Waals surface area contributed by atoms with Gasteiger partial charge in [0.05, 0.1) is 24.4 Å². The molecule has 4 rings (SSSR count). The van der Waals surface area contributed by atoms with E-state index in [1.54, 1.807) is 0 Å². The summed E-state index contributed by atoms with van der Waals surface area (Å²) in [5.41, 5.74) is 1.08. The molecule has 4 aliphatic rings. The Hall–Kier alpha value is -0.500. The largest absolute Gasteiger partial charge is 0.400 e. The topological polar surface area (TPSA) is 121 Å². The van der Waals surface area contributed by atoms with E-state index in [1.807, 2.05) is 6.92 Å². The Morgan fingerprint density at radius 3 is 2.38 bits per heavy atom. The van der Waals surface area contributed by atoms with Crippen molar-refractivity contribution in [1.82, 2.24) is 0 Å². The molecule has 0 heterocycles. The highest BCUT2D eigenvalue weighted by atomic mass is 16.3. The third-order valence-corrected chi connectivity index (χ3v) is 10.6. The predicted octanol–water partition coefficient (Wildman–Crippen LogP) is 2.88. The van der Waals surface area contributed by atoms with Crippen molar-refractivity contribution in [2.24, 2.45) is 46.3 Å². The zero-order chi connectivity index (χ0) is 25.4. The van der Waals surface area contributed by atoms with Gasteiger partial charge in [-0.15, -0.1) is 0 Å². The van der Waals surface area contributed by atoms with Gasteiger partial charge >= 0.3 is 0 Å². The molecule has 0 spiro atoms. The number of fused-ring (bicyclic) bond motifs is 5. The van der Waals surface area contributed by atoms with Gasteiger partial charge in [0.2, 0.25) is 0 Å². The van der Waals surface area contributed by atoms with E-state index in [9.17, 15) is 25.5 Å². The summed E-state index contributed by atoms with van der Waals surface area (Å²) >= 11 is 0. The third-order valence-electron chi connectivity index (χ3n) is 10.6. The maximum absolute atomic E-state index is 11.6. The molecule has 6 N–H and O–H groups in total. The van der Waals surface area contributed by atoms with Crippen molar-refractivity contribution in [2.75, 3.05) is 13.7 Å². The van der Waals surface area contributed by atoms with E-state index in [4.69, 9.17) is 5.11 Å². The Morgan fingerprint density at radius 2 is 1.74 bits per heavy atom. The second-order valence-electron chi connectivity index (χ2n) is 12.5. The molecule has 0 bridgehead atoms. The minimum atomic E-state index is -0.510. The van der Waals surface area contributed by atoms with Crippen molar-refractivity contribution in [3.63, 3.8) is 0 Å². The van der Waals surface area contributed by atoms with Crippen LogP contribution in [-0.4, -0.2) is 68.8 Å². The van der Waals surface area contributed by atoms with Crippen molar-refractivity contribution in [3.8, 4) is 0 Å². The minimum absolute atomic E-state index is 0.0334. The molecule has 12 atom stereocenters. The van der Waals surface area contributed by atoms with E-state index < -0.39 is 18.3 Å². The molecular formula is C28H50O6. The van der Waals surface area contributed by atoms with Crippen LogP contribution >= 0.6 is 0 Å². The lowest BCUT2D eigenvalue weighted by molar-refractivity contribution is -0.136. The van der Waals surface area contributed by atoms with Gasteiger partial charge in [-0.25, -0.2) is 0 Å². The summed E-state index contributed by atoms with van der Waals surface area (Å²) in [5.74, 6) is 0.946. The van der Waals surface area contributed by atoms with E-state index in [2.05, 4.69) is 26.8 Å². The lowest BCUT2D eigenvalue weighted by Crippen LogP contribution is -2.57. The van der Waals surface area contributed by atoms with Gasteiger partial charge in [0.25, 0.3) is 0 Å². The molecule has 3 saturated carbocycles. The number of hydrogen-bond donors (Lipinski definition) is 6. The monoisotopic (exact) mass is 482 g/mol. The summed E-state index contributed by atoms with van der Waals surface area (Å²) < 4.78 is 0. The minimum Gasteiger partial charge on any atom is -0.400 e. The Balaban J connectivity index is 0.00000158. The summed E-state index contributed by atoms with van der Waals surface area (Å²) in [4.78, 5) is 0. The highest BCUT2D eigenvalue weighted by Crippen LogP contribution is 2.67. The van der Waals surface area contributed by atoms with Crippen molar-refractivity contribution in [2.45, 2.75) is 103 Å². The number of aliphatic hydroxyl groups excluding tert-OH is 6. The van der Waals surface area contributed by atoms with Gasteiger partial charge in [0.1, 0.15) is 0 Å². The molecule has 0 aromatic rings. The first-order chi connectivity index (χ1) is 16.0. The van der Waals surface area contributed by atoms with Gasteiger partial charge in [-0.3, -0.25) is 0 Å². The van der Waals surface area contributed by atoms with Crippen molar-refractivity contribution >= 4 is 0 Å². The molecule has 0 unspecified atom stereocenters. The average Bonchev–Trinajstić information content (AvgIpc) is 3.07. The molecule has 3 fully saturated rings. The standard InChI is InChI=1S/C27H46O5.CH4O/c1-15(14-28)5-8-21(30)16(2)24-22(31)12-20-19-7-6-17-11-18(29)9-10-26(17,3)25(19)23(32)13-27(20,24)4;1-2/h6,15-16,18-25,28-32H,5,7-14H2,1-4H3;2H,1H3/t15-,16-,18+,19+,20+,21+,22+,23-,24+,25-,26+,27+;/m1./s1. The first-order valence-electron chi connectivity index (χ1n) is 13.5. The molecule has 0 aromatic carbocycles. The molecule has 0 amide bonds. The van der Waals surface area contributed by atoms with Crippen LogP contribution in [0.15, 0.2) is 11.6 Å². The maximum atomic E-state index is 11.6. The summed E-state index contributed by atoms with van der Waals surface area (Å²) in [7, 11) is 1.00. The average molecular weight is 483 g/mol. The van der Waals surface area contributed by atoms with Gasteiger partial charge in [-0.2, -0.15) is 0 Å². The number of aliphatic hydroxyl groups is 6. The van der Waals surface area contributed by atoms with Gasteiger partial charge in [0, 0.05) is 13.7 Å². The van der Waals surface area contributed by atoms with E-state index >= 15 is 0 Å². The Labute approximate surface area is 206 Å². The molecule has 4 aliphatic carbocycles. The van der Waals surface area contributed by atoms with E-state index in [0.717, 1.165) is 45.6 Å². The number of hydrogen-bond acceptors (Lipinski definition) is 6. The number of rotatable bonds is 6. The molecule has 0 saturated heterocycles. The molecule has 34 heavy (non-hydrogen) atoms. The van der Waals surface area contributed by atoms with Gasteiger partial charge in [-0.1, -0.05) is 39.3 Å². The van der Waals surface area contributed by atoms with E-state index in [1.165, 1.54) is 5.57 Å². The Kier molecular flexibility index (Phi) is 8.97. The Morgan fingerprint density at radius 1 is 1.06 bits per heavy atom. The highest BCUT2D eigenvalue weighted by molar-refractivity contribution is 5.27. The van der Waals surface area contributed by atoms with Crippen LogP contribution in [0, 0.1) is 46.3 Å². The second-order valence-corrected chi connectivity index (χ2v) is 12.5. The van der Waals surface area contributed by atoms with Crippen LogP contribution in [0.4, 0.5) is 0 Å². The lowest BCUT2D eigenvalue weighted by Gasteiger charge is -2.60. The zero-order valence-electron chi connectivity index (χ0n) is 21.9. The summed E-state index contributed by atoms with van der Waals surface area (Å²) in [6.07, 6.45) is 6.91. The summed E-state index contributed by atoms with van der Waals surface area (Å²) in [6.45, 7) is 8.74. The molecule has 0 radical (unpaired) electrons. The maximum Gasteiger partial charge on any atom is 0.0585 e. The van der Waals surface area contributed by atoms with Crippen molar-refractivity contribution in [3.05, 3.63) is 11.6 Å². The SMILES string of the molecule is CO.C[C@@H](CO)CC[C@H](O)[C@@H](C)[C@H]1[C@@H](O)C[C@H]2[C@@H]3CC=C4C[C@@H](O)CC[C@]4(C)[C@H]3[C@H](O)C[C@]12C. The van der Waals surface area contributed by atoms with Crippen molar-refractivity contribution in [1.29, 1.82) is 0 Å². The van der Waals surface area contributed by atoms with Gasteiger partial charge in [0.15, 0.2) is 0 Å². The normalized spacial score (nSPS) is 46.1.